The van der Waals surface area contributed by atoms with Gasteiger partial charge in [0.1, 0.15) is 11.4 Å². The van der Waals surface area contributed by atoms with Gasteiger partial charge in [0, 0.05) is 18.7 Å². The minimum atomic E-state index is -0.486. The Hall–Kier alpha value is -2.34. The van der Waals surface area contributed by atoms with Crippen molar-refractivity contribution in [1.29, 1.82) is 0 Å². The second kappa shape index (κ2) is 6.65. The number of nitrogens with one attached hydrogen (secondary N) is 1. The lowest BCUT2D eigenvalue weighted by atomic mass is 9.94. The van der Waals surface area contributed by atoms with E-state index < -0.39 is 5.60 Å². The van der Waals surface area contributed by atoms with Gasteiger partial charge in [-0.05, 0) is 26.3 Å². The molecule has 1 aromatic carbocycles. The van der Waals surface area contributed by atoms with E-state index in [0.717, 1.165) is 22.6 Å². The number of urea groups is 1. The number of aryl methyl sites for hydroxylation is 2. The quantitative estimate of drug-likeness (QED) is 0.940. The lowest BCUT2D eigenvalue weighted by Crippen LogP contribution is -2.53. The predicted molar refractivity (Wildman–Crippen MR) is 89.5 cm³/mol. The maximum atomic E-state index is 12.5. The lowest BCUT2D eigenvalue weighted by Gasteiger charge is -2.40. The highest BCUT2D eigenvalue weighted by molar-refractivity contribution is 5.74. The highest BCUT2D eigenvalue weighted by atomic mass is 16.5. The smallest absolute Gasteiger partial charge is 0.317 e. The Labute approximate surface area is 141 Å². The van der Waals surface area contributed by atoms with Gasteiger partial charge in [-0.25, -0.2) is 4.79 Å². The number of carbonyl (C=O) groups excluding carboxylic acids is 1. The molecule has 0 aliphatic carbocycles. The maximum Gasteiger partial charge on any atom is 0.317 e. The second-order valence-corrected chi connectivity index (χ2v) is 6.33. The third-order valence-electron chi connectivity index (χ3n) is 4.54. The molecule has 1 aliphatic heterocycles. The number of aromatic nitrogens is 1. The summed E-state index contributed by atoms with van der Waals surface area (Å²) in [5.41, 5.74) is 2.33. The van der Waals surface area contributed by atoms with Crippen LogP contribution in [0.15, 0.2) is 34.9 Å². The normalized spacial score (nSPS) is 20.9. The minimum absolute atomic E-state index is 0.0968. The molecule has 24 heavy (non-hydrogen) atoms. The number of morpholine rings is 1. The molecule has 2 aromatic rings. The van der Waals surface area contributed by atoms with Crippen LogP contribution in [0.3, 0.4) is 0 Å². The molecule has 0 spiro atoms. The van der Waals surface area contributed by atoms with Crippen molar-refractivity contribution in [3.05, 3.63) is 52.9 Å². The van der Waals surface area contributed by atoms with Gasteiger partial charge in [-0.1, -0.05) is 35.5 Å². The van der Waals surface area contributed by atoms with Crippen LogP contribution in [-0.4, -0.2) is 35.8 Å². The second-order valence-electron chi connectivity index (χ2n) is 6.33. The molecule has 1 saturated heterocycles. The van der Waals surface area contributed by atoms with Crippen molar-refractivity contribution in [2.45, 2.75) is 32.9 Å². The van der Waals surface area contributed by atoms with Crippen molar-refractivity contribution in [3.8, 4) is 0 Å². The van der Waals surface area contributed by atoms with Crippen LogP contribution in [0.5, 0.6) is 0 Å². The highest BCUT2D eigenvalue weighted by Crippen LogP contribution is 2.29. The van der Waals surface area contributed by atoms with E-state index in [0.29, 0.717) is 26.2 Å². The Balaban J connectivity index is 1.65. The number of nitrogens with zero attached hydrogens (tertiary/aromatic N) is 2. The lowest BCUT2D eigenvalue weighted by molar-refractivity contribution is -0.0906. The zero-order valence-electron chi connectivity index (χ0n) is 14.3. The summed E-state index contributed by atoms with van der Waals surface area (Å²) >= 11 is 0. The molecule has 1 N–H and O–H groups in total. The first-order valence-electron chi connectivity index (χ1n) is 8.13. The fourth-order valence-corrected chi connectivity index (χ4v) is 3.04. The molecule has 6 heteroatoms. The fraction of sp³-hybridized carbons (Fsp3) is 0.444. The monoisotopic (exact) mass is 329 g/mol. The van der Waals surface area contributed by atoms with Gasteiger partial charge in [-0.2, -0.15) is 0 Å². The van der Waals surface area contributed by atoms with Crippen LogP contribution in [0.25, 0.3) is 0 Å². The van der Waals surface area contributed by atoms with Crippen molar-refractivity contribution in [2.24, 2.45) is 0 Å². The summed E-state index contributed by atoms with van der Waals surface area (Å²) in [5.74, 6) is 0.740. The van der Waals surface area contributed by atoms with Crippen molar-refractivity contribution >= 4 is 6.03 Å². The Kier molecular flexibility index (Phi) is 4.57. The first kappa shape index (κ1) is 16.5. The first-order valence-corrected chi connectivity index (χ1v) is 8.13. The van der Waals surface area contributed by atoms with Crippen LogP contribution in [-0.2, 0) is 16.9 Å². The summed E-state index contributed by atoms with van der Waals surface area (Å²) in [6, 6.07) is 9.92. The first-order chi connectivity index (χ1) is 11.5. The van der Waals surface area contributed by atoms with E-state index >= 15 is 0 Å². The number of amides is 2. The average Bonchev–Trinajstić information content (AvgIpc) is 2.92. The standard InChI is InChI=1S/C18H23N3O3/c1-13-16(14(2)24-20-13)11-19-17(22)21-9-10-23-18(3,12-21)15-7-5-4-6-8-15/h4-8H,9-12H2,1-3H3,(H,19,22)/t18-/m1/s1. The van der Waals surface area contributed by atoms with Gasteiger partial charge in [0.2, 0.25) is 0 Å². The Morgan fingerprint density at radius 1 is 1.33 bits per heavy atom. The third-order valence-corrected chi connectivity index (χ3v) is 4.54. The number of carbonyl (C=O) groups is 1. The molecular weight excluding hydrogens is 306 g/mol. The Bertz CT molecular complexity index is 694. The molecule has 0 radical (unpaired) electrons. The summed E-state index contributed by atoms with van der Waals surface area (Å²) in [7, 11) is 0. The maximum absolute atomic E-state index is 12.5. The Morgan fingerprint density at radius 2 is 2.08 bits per heavy atom. The molecule has 0 saturated carbocycles. The van der Waals surface area contributed by atoms with E-state index in [1.807, 2.05) is 51.1 Å². The van der Waals surface area contributed by atoms with Gasteiger partial charge < -0.3 is 19.5 Å². The number of ether oxygens (including phenoxy) is 1. The molecule has 2 amide bonds. The van der Waals surface area contributed by atoms with Crippen molar-refractivity contribution in [2.75, 3.05) is 19.7 Å². The summed E-state index contributed by atoms with van der Waals surface area (Å²) in [5, 5.41) is 6.87. The van der Waals surface area contributed by atoms with E-state index in [4.69, 9.17) is 9.26 Å². The van der Waals surface area contributed by atoms with Gasteiger partial charge in [0.15, 0.2) is 0 Å². The summed E-state index contributed by atoms with van der Waals surface area (Å²) in [6.45, 7) is 7.78. The average molecular weight is 329 g/mol. The van der Waals surface area contributed by atoms with Crippen LogP contribution in [0.1, 0.15) is 29.5 Å². The Morgan fingerprint density at radius 3 is 2.75 bits per heavy atom. The fourth-order valence-electron chi connectivity index (χ4n) is 3.04. The van der Waals surface area contributed by atoms with Crippen molar-refractivity contribution in [3.63, 3.8) is 0 Å². The summed E-state index contributed by atoms with van der Waals surface area (Å²) < 4.78 is 11.1. The van der Waals surface area contributed by atoms with Crippen LogP contribution >= 0.6 is 0 Å². The van der Waals surface area contributed by atoms with Gasteiger partial charge in [0.25, 0.3) is 0 Å². The molecule has 1 fully saturated rings. The van der Waals surface area contributed by atoms with Crippen LogP contribution in [0.2, 0.25) is 0 Å². The molecule has 2 heterocycles. The number of rotatable bonds is 3. The molecule has 1 aliphatic rings. The molecular formula is C18H23N3O3. The molecule has 128 valence electrons. The zero-order chi connectivity index (χ0) is 17.2. The minimum Gasteiger partial charge on any atom is -0.367 e. The largest absolute Gasteiger partial charge is 0.367 e. The predicted octanol–water partition coefficient (Wildman–Crippen LogP) is 2.75. The van der Waals surface area contributed by atoms with E-state index in [-0.39, 0.29) is 6.03 Å². The van der Waals surface area contributed by atoms with E-state index in [1.54, 1.807) is 4.90 Å². The topological polar surface area (TPSA) is 67.6 Å². The number of hydrogen-bond acceptors (Lipinski definition) is 4. The van der Waals surface area contributed by atoms with E-state index in [9.17, 15) is 4.79 Å². The van der Waals surface area contributed by atoms with E-state index in [2.05, 4.69) is 10.5 Å². The molecule has 0 bridgehead atoms. The molecule has 3 rings (SSSR count). The molecule has 6 nitrogen and oxygen atoms in total. The number of benzene rings is 1. The van der Waals surface area contributed by atoms with Gasteiger partial charge in [-0.15, -0.1) is 0 Å². The molecule has 1 atom stereocenters. The number of hydrogen-bond donors (Lipinski definition) is 1. The van der Waals surface area contributed by atoms with Crippen molar-refractivity contribution in [1.82, 2.24) is 15.4 Å². The van der Waals surface area contributed by atoms with Gasteiger partial charge in [-0.3, -0.25) is 0 Å². The van der Waals surface area contributed by atoms with E-state index in [1.165, 1.54) is 0 Å². The van der Waals surface area contributed by atoms with Gasteiger partial charge >= 0.3 is 6.03 Å². The highest BCUT2D eigenvalue weighted by Gasteiger charge is 2.35. The molecule has 0 unspecified atom stereocenters. The van der Waals surface area contributed by atoms with Crippen LogP contribution in [0.4, 0.5) is 4.79 Å². The van der Waals surface area contributed by atoms with Gasteiger partial charge in [0.05, 0.1) is 18.8 Å². The summed E-state index contributed by atoms with van der Waals surface area (Å²) in [6.07, 6.45) is 0. The summed E-state index contributed by atoms with van der Waals surface area (Å²) in [4.78, 5) is 14.3. The van der Waals surface area contributed by atoms with Crippen LogP contribution in [0, 0.1) is 13.8 Å². The van der Waals surface area contributed by atoms with Crippen LogP contribution < -0.4 is 5.32 Å². The van der Waals surface area contributed by atoms with Crippen molar-refractivity contribution < 1.29 is 14.1 Å². The third kappa shape index (κ3) is 3.28. The SMILES string of the molecule is Cc1noc(C)c1CNC(=O)N1CCO[C@@](C)(c2ccccc2)C1. The zero-order valence-corrected chi connectivity index (χ0v) is 14.3. The molecule has 1 aromatic heterocycles.